The number of nitrogens with one attached hydrogen (secondary N) is 1. The molecule has 2 amide bonds. The number of carbonyl (C=O) groups is 2. The van der Waals surface area contributed by atoms with E-state index in [1.54, 1.807) is 20.8 Å². The van der Waals surface area contributed by atoms with Gasteiger partial charge >= 0.3 is 12.5 Å². The summed E-state index contributed by atoms with van der Waals surface area (Å²) >= 11 is 1.15. The third kappa shape index (κ3) is 7.72. The van der Waals surface area contributed by atoms with Gasteiger partial charge in [0.25, 0.3) is 11.8 Å². The fourth-order valence-electron chi connectivity index (χ4n) is 3.92. The lowest BCUT2D eigenvalue weighted by molar-refractivity contribution is -0.274. The van der Waals surface area contributed by atoms with Crippen LogP contribution in [0, 0.1) is 5.82 Å². The van der Waals surface area contributed by atoms with E-state index in [-0.39, 0.29) is 29.6 Å². The molecule has 3 aromatic rings. The average Bonchev–Trinajstić information content (AvgIpc) is 3.31. The third-order valence-corrected chi connectivity index (χ3v) is 6.93. The molecule has 1 atom stereocenters. The Morgan fingerprint density at radius 1 is 1.10 bits per heavy atom. The largest absolute Gasteiger partial charge is 0.573 e. The lowest BCUT2D eigenvalue weighted by Gasteiger charge is -2.27. The summed E-state index contributed by atoms with van der Waals surface area (Å²) in [5, 5.41) is 10.6. The van der Waals surface area contributed by atoms with Gasteiger partial charge in [-0.25, -0.2) is 9.18 Å². The van der Waals surface area contributed by atoms with E-state index in [9.17, 15) is 22.8 Å². The Morgan fingerprint density at radius 3 is 2.33 bits per heavy atom. The van der Waals surface area contributed by atoms with Gasteiger partial charge in [-0.2, -0.15) is 0 Å². The van der Waals surface area contributed by atoms with Gasteiger partial charge in [-0.05, 0) is 50.6 Å². The molecule has 0 unspecified atom stereocenters. The predicted octanol–water partition coefficient (Wildman–Crippen LogP) is 6.60. The molecule has 2 heterocycles. The number of alkyl carbamates (subject to hydrolysis) is 1. The molecule has 0 aliphatic carbocycles. The molecule has 0 saturated heterocycles. The first-order valence-electron chi connectivity index (χ1n) is 12.9. The van der Waals surface area contributed by atoms with Crippen LogP contribution >= 0.6 is 11.8 Å². The van der Waals surface area contributed by atoms with Crippen LogP contribution in [-0.4, -0.2) is 46.0 Å². The van der Waals surface area contributed by atoms with Crippen LogP contribution in [0.3, 0.4) is 0 Å². The molecule has 14 heteroatoms. The number of halogens is 4. The number of anilines is 1. The summed E-state index contributed by atoms with van der Waals surface area (Å²) in [6.07, 6.45) is -5.67. The van der Waals surface area contributed by atoms with Crippen LogP contribution in [0.5, 0.6) is 5.75 Å². The Labute approximate surface area is 243 Å². The number of carbonyl (C=O) groups excluding carboxylic acids is 2. The normalized spacial score (nSPS) is 16.1. The zero-order valence-corrected chi connectivity index (χ0v) is 24.6. The number of ether oxygens (including phenoxy) is 2. The Bertz CT molecular complexity index is 1460. The molecule has 1 aromatic heterocycles. The summed E-state index contributed by atoms with van der Waals surface area (Å²) in [7, 11) is 0. The number of hydrogen-bond acceptors (Lipinski definition) is 8. The number of amides is 2. The minimum atomic E-state index is -4.86. The molecular weight excluding hydrogens is 580 g/mol. The zero-order chi connectivity index (χ0) is 31.0. The third-order valence-electron chi connectivity index (χ3n) is 5.79. The smallest absolute Gasteiger partial charge is 0.444 e. The number of fused-ring (bicyclic) bond motifs is 1. The van der Waals surface area contributed by atoms with E-state index in [0.29, 0.717) is 16.1 Å². The Kier molecular flexibility index (Phi) is 8.50. The Morgan fingerprint density at radius 2 is 1.76 bits per heavy atom. The second kappa shape index (κ2) is 11.5. The molecule has 42 heavy (non-hydrogen) atoms. The van der Waals surface area contributed by atoms with Gasteiger partial charge in [0.05, 0.1) is 17.8 Å². The Hall–Kier alpha value is -3.81. The molecule has 1 N–H and O–H groups in total. The van der Waals surface area contributed by atoms with E-state index >= 15 is 4.39 Å². The topological polar surface area (TPSA) is 107 Å². The number of benzene rings is 2. The molecule has 0 spiro atoms. The second-order valence-corrected chi connectivity index (χ2v) is 12.6. The van der Waals surface area contributed by atoms with Crippen molar-refractivity contribution in [1.29, 1.82) is 0 Å². The van der Waals surface area contributed by atoms with Crippen LogP contribution in [0.25, 0.3) is 11.5 Å². The molecule has 226 valence electrons. The van der Waals surface area contributed by atoms with Gasteiger partial charge in [0.15, 0.2) is 0 Å². The number of nitrogens with zero attached hydrogens (tertiary/aromatic N) is 3. The van der Waals surface area contributed by atoms with Crippen LogP contribution in [0.4, 0.5) is 28.0 Å². The van der Waals surface area contributed by atoms with Crippen molar-refractivity contribution in [3.63, 3.8) is 0 Å². The van der Waals surface area contributed by atoms with Gasteiger partial charge in [0, 0.05) is 16.1 Å². The van der Waals surface area contributed by atoms with Crippen LogP contribution in [-0.2, 0) is 21.5 Å². The van der Waals surface area contributed by atoms with Crippen molar-refractivity contribution in [2.75, 3.05) is 10.7 Å². The molecule has 2 aromatic carbocycles. The fraction of sp³-hybridized carbons (Fsp3) is 0.429. The molecule has 1 aliphatic rings. The van der Waals surface area contributed by atoms with E-state index in [4.69, 9.17) is 9.15 Å². The maximum Gasteiger partial charge on any atom is 0.573 e. The molecule has 0 fully saturated rings. The minimum Gasteiger partial charge on any atom is -0.444 e. The van der Waals surface area contributed by atoms with Gasteiger partial charge in [0.2, 0.25) is 5.89 Å². The number of thioether (sulfide) groups is 1. The summed E-state index contributed by atoms with van der Waals surface area (Å²) in [4.78, 5) is 28.1. The van der Waals surface area contributed by atoms with Gasteiger partial charge in [-0.3, -0.25) is 4.79 Å². The maximum absolute atomic E-state index is 15.4. The summed E-state index contributed by atoms with van der Waals surface area (Å²) in [5.74, 6) is -1.36. The summed E-state index contributed by atoms with van der Waals surface area (Å²) < 4.78 is 68.3. The van der Waals surface area contributed by atoms with Crippen molar-refractivity contribution < 1.29 is 41.0 Å². The first-order chi connectivity index (χ1) is 19.4. The van der Waals surface area contributed by atoms with E-state index in [1.165, 1.54) is 29.2 Å². The van der Waals surface area contributed by atoms with Gasteiger partial charge in [-0.15, -0.1) is 35.1 Å². The molecular formula is C28H30F4N4O5S. The van der Waals surface area contributed by atoms with Crippen molar-refractivity contribution in [1.82, 2.24) is 15.5 Å². The summed E-state index contributed by atoms with van der Waals surface area (Å²) in [6, 6.07) is 6.59. The van der Waals surface area contributed by atoms with E-state index in [1.807, 2.05) is 20.8 Å². The van der Waals surface area contributed by atoms with Gasteiger partial charge < -0.3 is 24.1 Å². The van der Waals surface area contributed by atoms with Crippen molar-refractivity contribution in [2.24, 2.45) is 0 Å². The summed E-state index contributed by atoms with van der Waals surface area (Å²) in [5.41, 5.74) is -0.607. The standard InChI is InChI=1S/C28H30F4N4O5S/c1-26(2,3)24-35-34-22(39-24)17-11-20-21(12-18(17)29)42-14-19(33-25(38)41-27(4,5)6)23(37)36(20)13-15-7-9-16(10-8-15)40-28(30,31)32/h7-12,19H,13-14H2,1-6H3,(H,33,38)/t19-/m0/s1. The molecule has 4 rings (SSSR count). The lowest BCUT2D eigenvalue weighted by atomic mass is 9.97. The first-order valence-corrected chi connectivity index (χ1v) is 13.8. The quantitative estimate of drug-likeness (QED) is 0.322. The summed E-state index contributed by atoms with van der Waals surface area (Å²) in [6.45, 7) is 10.5. The SMILES string of the molecule is CC(C)(C)OC(=O)N[C@H]1CSc2cc(F)c(-c3nnc(C(C)(C)C)o3)cc2N(Cc2ccc(OC(F)(F)F)cc2)C1=O. The van der Waals surface area contributed by atoms with Gasteiger partial charge in [0.1, 0.15) is 23.2 Å². The van der Waals surface area contributed by atoms with Crippen LogP contribution in [0.1, 0.15) is 53.0 Å². The number of rotatable bonds is 5. The molecule has 0 radical (unpaired) electrons. The highest BCUT2D eigenvalue weighted by molar-refractivity contribution is 7.99. The van der Waals surface area contributed by atoms with E-state index in [2.05, 4.69) is 20.3 Å². The number of aromatic nitrogens is 2. The van der Waals surface area contributed by atoms with Crippen LogP contribution < -0.4 is 15.0 Å². The monoisotopic (exact) mass is 610 g/mol. The Balaban J connectivity index is 1.73. The lowest BCUT2D eigenvalue weighted by Crippen LogP contribution is -2.50. The molecule has 0 saturated carbocycles. The van der Waals surface area contributed by atoms with Crippen molar-refractivity contribution in [2.45, 2.75) is 76.4 Å². The highest BCUT2D eigenvalue weighted by Gasteiger charge is 2.35. The predicted molar refractivity (Wildman–Crippen MR) is 147 cm³/mol. The van der Waals surface area contributed by atoms with Crippen LogP contribution in [0.15, 0.2) is 45.7 Å². The molecule has 0 bridgehead atoms. The van der Waals surface area contributed by atoms with Gasteiger partial charge in [-0.1, -0.05) is 32.9 Å². The van der Waals surface area contributed by atoms with E-state index in [0.717, 1.165) is 23.9 Å². The molecule has 1 aliphatic heterocycles. The first kappa shape index (κ1) is 31.1. The number of hydrogen-bond donors (Lipinski definition) is 1. The van der Waals surface area contributed by atoms with Crippen molar-refractivity contribution >= 4 is 29.4 Å². The average molecular weight is 611 g/mol. The molecule has 9 nitrogen and oxygen atoms in total. The highest BCUT2D eigenvalue weighted by atomic mass is 32.2. The second-order valence-electron chi connectivity index (χ2n) is 11.6. The highest BCUT2D eigenvalue weighted by Crippen LogP contribution is 2.40. The maximum atomic E-state index is 15.4. The fourth-order valence-corrected chi connectivity index (χ4v) is 4.99. The van der Waals surface area contributed by atoms with E-state index < -0.39 is 47.0 Å². The zero-order valence-electron chi connectivity index (χ0n) is 23.8. The number of alkyl halides is 3. The minimum absolute atomic E-state index is 0.0392. The van der Waals surface area contributed by atoms with Crippen molar-refractivity contribution in [3.8, 4) is 17.2 Å². The van der Waals surface area contributed by atoms with Crippen LogP contribution in [0.2, 0.25) is 0 Å². The van der Waals surface area contributed by atoms with Crippen molar-refractivity contribution in [3.05, 3.63) is 53.7 Å².